The lowest BCUT2D eigenvalue weighted by Crippen LogP contribution is -1.90. The maximum absolute atomic E-state index is 5.16. The normalized spacial score (nSPS) is 10.2. The molecule has 0 aromatic heterocycles. The first-order chi connectivity index (χ1) is 6.38. The van der Waals surface area contributed by atoms with Gasteiger partial charge in [0.25, 0.3) is 0 Å². The number of benzene rings is 1. The molecule has 0 heterocycles. The number of aliphatic imine (C=N–C) groups is 1. The standard InChI is InChI=1S/C11H13NO/c1-3-8-12-9-10-6-4-5-7-11(10)13-2/h3-7,9H,1,8H2,2H3. The molecule has 0 N–H and O–H groups in total. The zero-order valence-corrected chi connectivity index (χ0v) is 7.73. The topological polar surface area (TPSA) is 21.6 Å². The lowest BCUT2D eigenvalue weighted by atomic mass is 10.2. The molecule has 0 fully saturated rings. The van der Waals surface area contributed by atoms with Gasteiger partial charge in [-0.05, 0) is 12.1 Å². The van der Waals surface area contributed by atoms with Gasteiger partial charge in [-0.2, -0.15) is 0 Å². The first kappa shape index (κ1) is 9.52. The Morgan fingerprint density at radius 3 is 2.92 bits per heavy atom. The van der Waals surface area contributed by atoms with Gasteiger partial charge in [0.1, 0.15) is 5.75 Å². The van der Waals surface area contributed by atoms with Crippen molar-refractivity contribution in [3.05, 3.63) is 42.5 Å². The summed E-state index contributed by atoms with van der Waals surface area (Å²) in [7, 11) is 1.65. The molecule has 0 aliphatic rings. The molecule has 1 rings (SSSR count). The SMILES string of the molecule is C=CCN=Cc1ccccc1OC. The molecule has 1 aromatic carbocycles. The second-order valence-corrected chi connectivity index (χ2v) is 2.52. The van der Waals surface area contributed by atoms with Crippen LogP contribution in [0.25, 0.3) is 0 Å². The van der Waals surface area contributed by atoms with Crippen LogP contribution in [0.3, 0.4) is 0 Å². The van der Waals surface area contributed by atoms with Crippen LogP contribution in [0.15, 0.2) is 41.9 Å². The average molecular weight is 175 g/mol. The van der Waals surface area contributed by atoms with Crippen molar-refractivity contribution in [2.45, 2.75) is 0 Å². The summed E-state index contributed by atoms with van der Waals surface area (Å²) in [6, 6.07) is 7.77. The highest BCUT2D eigenvalue weighted by Gasteiger charge is 1.95. The molecule has 2 nitrogen and oxygen atoms in total. The average Bonchev–Trinajstić information content (AvgIpc) is 2.19. The summed E-state index contributed by atoms with van der Waals surface area (Å²) < 4.78 is 5.16. The Labute approximate surface area is 78.6 Å². The number of rotatable bonds is 4. The van der Waals surface area contributed by atoms with Crippen LogP contribution in [-0.4, -0.2) is 19.9 Å². The molecule has 0 radical (unpaired) electrons. The molecule has 0 bridgehead atoms. The molecule has 1 aromatic rings. The maximum atomic E-state index is 5.16. The molecule has 0 aliphatic carbocycles. The van der Waals surface area contributed by atoms with E-state index in [0.717, 1.165) is 11.3 Å². The molecule has 13 heavy (non-hydrogen) atoms. The van der Waals surface area contributed by atoms with Gasteiger partial charge in [0.05, 0.1) is 13.7 Å². The highest BCUT2D eigenvalue weighted by atomic mass is 16.5. The van der Waals surface area contributed by atoms with Crippen LogP contribution in [0, 0.1) is 0 Å². The van der Waals surface area contributed by atoms with E-state index in [1.807, 2.05) is 24.3 Å². The van der Waals surface area contributed by atoms with Crippen molar-refractivity contribution >= 4 is 6.21 Å². The first-order valence-electron chi connectivity index (χ1n) is 4.12. The lowest BCUT2D eigenvalue weighted by Gasteiger charge is -2.02. The molecule has 2 heteroatoms. The molecule has 0 aliphatic heterocycles. The number of ether oxygens (including phenoxy) is 1. The minimum absolute atomic E-state index is 0.637. The quantitative estimate of drug-likeness (QED) is 0.508. The van der Waals surface area contributed by atoms with Gasteiger partial charge in [-0.3, -0.25) is 4.99 Å². The van der Waals surface area contributed by atoms with E-state index in [2.05, 4.69) is 11.6 Å². The predicted molar refractivity (Wildman–Crippen MR) is 55.7 cm³/mol. The Kier molecular flexibility index (Phi) is 3.76. The van der Waals surface area contributed by atoms with E-state index in [1.54, 1.807) is 19.4 Å². The summed E-state index contributed by atoms with van der Waals surface area (Å²) in [6.45, 7) is 4.23. The molecule has 0 saturated carbocycles. The third-order valence-corrected chi connectivity index (χ3v) is 1.60. The van der Waals surface area contributed by atoms with Crippen LogP contribution in [-0.2, 0) is 0 Å². The molecule has 0 atom stereocenters. The van der Waals surface area contributed by atoms with E-state index in [0.29, 0.717) is 6.54 Å². The highest BCUT2D eigenvalue weighted by molar-refractivity contribution is 5.83. The van der Waals surface area contributed by atoms with E-state index in [1.165, 1.54) is 0 Å². The van der Waals surface area contributed by atoms with Gasteiger partial charge in [-0.15, -0.1) is 6.58 Å². The van der Waals surface area contributed by atoms with Crippen LogP contribution in [0.1, 0.15) is 5.56 Å². The first-order valence-corrected chi connectivity index (χ1v) is 4.12. The van der Waals surface area contributed by atoms with Crippen molar-refractivity contribution in [2.24, 2.45) is 4.99 Å². The fraction of sp³-hybridized carbons (Fsp3) is 0.182. The smallest absolute Gasteiger partial charge is 0.127 e. The van der Waals surface area contributed by atoms with E-state index in [-0.39, 0.29) is 0 Å². The minimum Gasteiger partial charge on any atom is -0.496 e. The van der Waals surface area contributed by atoms with Gasteiger partial charge in [0.15, 0.2) is 0 Å². The summed E-state index contributed by atoms with van der Waals surface area (Å²) in [4.78, 5) is 4.15. The van der Waals surface area contributed by atoms with Crippen molar-refractivity contribution < 1.29 is 4.74 Å². The van der Waals surface area contributed by atoms with E-state index >= 15 is 0 Å². The van der Waals surface area contributed by atoms with Gasteiger partial charge >= 0.3 is 0 Å². The number of nitrogens with zero attached hydrogens (tertiary/aromatic N) is 1. The fourth-order valence-electron chi connectivity index (χ4n) is 0.999. The largest absolute Gasteiger partial charge is 0.496 e. The Balaban J connectivity index is 2.80. The zero-order chi connectivity index (χ0) is 9.52. The molecule has 0 unspecified atom stereocenters. The number of para-hydroxylation sites is 1. The lowest BCUT2D eigenvalue weighted by molar-refractivity contribution is 0.414. The van der Waals surface area contributed by atoms with Crippen LogP contribution in [0.2, 0.25) is 0 Å². The Morgan fingerprint density at radius 2 is 2.23 bits per heavy atom. The summed E-state index contributed by atoms with van der Waals surface area (Å²) in [5.74, 6) is 0.843. The number of hydrogen-bond acceptors (Lipinski definition) is 2. The summed E-state index contributed by atoms with van der Waals surface area (Å²) >= 11 is 0. The zero-order valence-electron chi connectivity index (χ0n) is 7.73. The van der Waals surface area contributed by atoms with Crippen molar-refractivity contribution in [2.75, 3.05) is 13.7 Å². The van der Waals surface area contributed by atoms with E-state index < -0.39 is 0 Å². The summed E-state index contributed by atoms with van der Waals surface area (Å²) in [5, 5.41) is 0. The van der Waals surface area contributed by atoms with Crippen LogP contribution in [0.5, 0.6) is 5.75 Å². The Hall–Kier alpha value is -1.57. The molecule has 68 valence electrons. The van der Waals surface area contributed by atoms with Crippen LogP contribution in [0.4, 0.5) is 0 Å². The molecule has 0 amide bonds. The number of methoxy groups -OCH3 is 1. The van der Waals surface area contributed by atoms with Gasteiger partial charge in [0, 0.05) is 11.8 Å². The van der Waals surface area contributed by atoms with E-state index in [9.17, 15) is 0 Å². The second kappa shape index (κ2) is 5.14. The monoisotopic (exact) mass is 175 g/mol. The van der Waals surface area contributed by atoms with Gasteiger partial charge < -0.3 is 4.74 Å². The Morgan fingerprint density at radius 1 is 1.46 bits per heavy atom. The second-order valence-electron chi connectivity index (χ2n) is 2.52. The molecule has 0 spiro atoms. The maximum Gasteiger partial charge on any atom is 0.127 e. The number of hydrogen-bond donors (Lipinski definition) is 0. The molecule has 0 saturated heterocycles. The van der Waals surface area contributed by atoms with Crippen LogP contribution < -0.4 is 4.74 Å². The summed E-state index contributed by atoms with van der Waals surface area (Å²) in [5.41, 5.74) is 0.992. The van der Waals surface area contributed by atoms with Gasteiger partial charge in [0.2, 0.25) is 0 Å². The third kappa shape index (κ3) is 2.75. The Bertz CT molecular complexity index is 305. The van der Waals surface area contributed by atoms with Gasteiger partial charge in [-0.1, -0.05) is 18.2 Å². The van der Waals surface area contributed by atoms with Crippen molar-refractivity contribution in [1.82, 2.24) is 0 Å². The minimum atomic E-state index is 0.637. The predicted octanol–water partition coefficient (Wildman–Crippen LogP) is 2.30. The van der Waals surface area contributed by atoms with Crippen LogP contribution >= 0.6 is 0 Å². The molecular formula is C11H13NO. The van der Waals surface area contributed by atoms with Crippen molar-refractivity contribution in [3.63, 3.8) is 0 Å². The molecular weight excluding hydrogens is 162 g/mol. The van der Waals surface area contributed by atoms with Crippen molar-refractivity contribution in [1.29, 1.82) is 0 Å². The van der Waals surface area contributed by atoms with Gasteiger partial charge in [-0.25, -0.2) is 0 Å². The van der Waals surface area contributed by atoms with E-state index in [4.69, 9.17) is 4.74 Å². The summed E-state index contributed by atoms with van der Waals surface area (Å²) in [6.07, 6.45) is 3.55. The highest BCUT2D eigenvalue weighted by Crippen LogP contribution is 2.14. The fourth-order valence-corrected chi connectivity index (χ4v) is 0.999. The third-order valence-electron chi connectivity index (χ3n) is 1.60. The van der Waals surface area contributed by atoms with Crippen molar-refractivity contribution in [3.8, 4) is 5.75 Å².